The summed E-state index contributed by atoms with van der Waals surface area (Å²) in [6, 6.07) is 6.76. The van der Waals surface area contributed by atoms with Gasteiger partial charge in [-0.05, 0) is 25.5 Å². The van der Waals surface area contributed by atoms with E-state index < -0.39 is 23.4 Å². The van der Waals surface area contributed by atoms with Crippen LogP contribution in [0.25, 0.3) is 0 Å². The Balaban J connectivity index is 2.87. The maximum absolute atomic E-state index is 12.1. The topological polar surface area (TPSA) is 62.1 Å². The third-order valence-electron chi connectivity index (χ3n) is 2.78. The van der Waals surface area contributed by atoms with Crippen molar-refractivity contribution in [2.24, 2.45) is 5.41 Å². The lowest BCUT2D eigenvalue weighted by atomic mass is 9.88. The van der Waals surface area contributed by atoms with Gasteiger partial charge in [-0.2, -0.15) is 5.26 Å². The van der Waals surface area contributed by atoms with Gasteiger partial charge in [-0.15, -0.1) is 13.2 Å². The Hall–Kier alpha value is -2.23. The minimum atomic E-state index is -4.80. The number of rotatable bonds is 4. The molecule has 0 aromatic heterocycles. The smallest absolute Gasteiger partial charge is 0.406 e. The molecule has 0 saturated carbocycles. The van der Waals surface area contributed by atoms with Crippen LogP contribution < -0.4 is 10.1 Å². The monoisotopic (exact) mass is 286 g/mol. The van der Waals surface area contributed by atoms with E-state index in [1.165, 1.54) is 19.1 Å². The first-order chi connectivity index (χ1) is 9.20. The van der Waals surface area contributed by atoms with Crippen LogP contribution in [-0.2, 0) is 4.79 Å². The van der Waals surface area contributed by atoms with Crippen LogP contribution in [0.5, 0.6) is 5.75 Å². The van der Waals surface area contributed by atoms with E-state index in [1.54, 1.807) is 6.92 Å². The Kier molecular flexibility index (Phi) is 4.61. The number of halogens is 3. The van der Waals surface area contributed by atoms with Crippen LogP contribution in [-0.4, -0.2) is 12.3 Å². The zero-order chi connectivity index (χ0) is 15.4. The van der Waals surface area contributed by atoms with Crippen molar-refractivity contribution in [1.29, 1.82) is 5.26 Å². The molecule has 1 N–H and O–H groups in total. The standard InChI is InChI=1S/C13H13F3N2O2/c1-3-12(2,8-17)11(19)18-9-5-4-6-10(7-9)20-13(14,15)16/h4-7H,3H2,1-2H3,(H,18,19). The molecule has 1 aromatic carbocycles. The molecule has 0 saturated heterocycles. The van der Waals surface area contributed by atoms with Crippen LogP contribution in [0.4, 0.5) is 18.9 Å². The summed E-state index contributed by atoms with van der Waals surface area (Å²) in [5.41, 5.74) is -1.10. The normalized spacial score (nSPS) is 14.0. The maximum Gasteiger partial charge on any atom is 0.573 e. The lowest BCUT2D eigenvalue weighted by Gasteiger charge is -2.19. The van der Waals surface area contributed by atoms with Crippen molar-refractivity contribution in [2.45, 2.75) is 26.6 Å². The summed E-state index contributed by atoms with van der Waals surface area (Å²) in [4.78, 5) is 11.9. The van der Waals surface area contributed by atoms with E-state index in [-0.39, 0.29) is 12.1 Å². The fourth-order valence-electron chi connectivity index (χ4n) is 1.33. The number of benzene rings is 1. The Morgan fingerprint density at radius 2 is 2.10 bits per heavy atom. The number of nitrogens with zero attached hydrogens (tertiary/aromatic N) is 1. The van der Waals surface area contributed by atoms with Crippen molar-refractivity contribution in [3.8, 4) is 11.8 Å². The Morgan fingerprint density at radius 3 is 2.60 bits per heavy atom. The van der Waals surface area contributed by atoms with Crippen LogP contribution in [0.2, 0.25) is 0 Å². The van der Waals surface area contributed by atoms with Gasteiger partial charge in [0.05, 0.1) is 6.07 Å². The molecule has 108 valence electrons. The van der Waals surface area contributed by atoms with Gasteiger partial charge in [0.1, 0.15) is 11.2 Å². The van der Waals surface area contributed by atoms with Gasteiger partial charge in [-0.1, -0.05) is 13.0 Å². The Morgan fingerprint density at radius 1 is 1.45 bits per heavy atom. The van der Waals surface area contributed by atoms with Gasteiger partial charge < -0.3 is 10.1 Å². The highest BCUT2D eigenvalue weighted by molar-refractivity contribution is 5.97. The Bertz CT molecular complexity index is 537. The predicted octanol–water partition coefficient (Wildman–Crippen LogP) is 3.46. The fourth-order valence-corrected chi connectivity index (χ4v) is 1.33. The molecular weight excluding hydrogens is 273 g/mol. The first-order valence-electron chi connectivity index (χ1n) is 5.78. The van der Waals surface area contributed by atoms with Crippen LogP contribution >= 0.6 is 0 Å². The number of nitriles is 1. The average Bonchev–Trinajstić information content (AvgIpc) is 2.36. The lowest BCUT2D eigenvalue weighted by molar-refractivity contribution is -0.274. The third-order valence-corrected chi connectivity index (χ3v) is 2.78. The summed E-state index contributed by atoms with van der Waals surface area (Å²) in [5.74, 6) is -1.02. The van der Waals surface area contributed by atoms with Crippen LogP contribution in [0.15, 0.2) is 24.3 Å². The second-order valence-electron chi connectivity index (χ2n) is 4.33. The minimum Gasteiger partial charge on any atom is -0.406 e. The minimum absolute atomic E-state index is 0.131. The second-order valence-corrected chi connectivity index (χ2v) is 4.33. The van der Waals surface area contributed by atoms with Crippen molar-refractivity contribution in [1.82, 2.24) is 0 Å². The summed E-state index contributed by atoms with van der Waals surface area (Å²) < 4.78 is 40.0. The van der Waals surface area contributed by atoms with E-state index >= 15 is 0 Å². The predicted molar refractivity (Wildman–Crippen MR) is 65.8 cm³/mol. The Labute approximate surface area is 114 Å². The molecular formula is C13H13F3N2O2. The molecule has 20 heavy (non-hydrogen) atoms. The van der Waals surface area contributed by atoms with Crippen LogP contribution in [0.3, 0.4) is 0 Å². The third kappa shape index (κ3) is 4.16. The molecule has 0 fully saturated rings. The molecule has 1 rings (SSSR count). The van der Waals surface area contributed by atoms with E-state index in [0.29, 0.717) is 0 Å². The largest absolute Gasteiger partial charge is 0.573 e. The highest BCUT2D eigenvalue weighted by Crippen LogP contribution is 2.27. The van der Waals surface area contributed by atoms with E-state index in [9.17, 15) is 18.0 Å². The molecule has 1 amide bonds. The van der Waals surface area contributed by atoms with Gasteiger partial charge in [0, 0.05) is 11.8 Å². The first kappa shape index (κ1) is 15.8. The molecule has 0 spiro atoms. The SMILES string of the molecule is CCC(C)(C#N)C(=O)Nc1cccc(OC(F)(F)F)c1. The van der Waals surface area contributed by atoms with Crippen molar-refractivity contribution in [3.05, 3.63) is 24.3 Å². The van der Waals surface area contributed by atoms with Gasteiger partial charge in [0.25, 0.3) is 0 Å². The van der Waals surface area contributed by atoms with E-state index in [4.69, 9.17) is 5.26 Å². The van der Waals surface area contributed by atoms with Gasteiger partial charge in [-0.3, -0.25) is 4.79 Å². The van der Waals surface area contributed by atoms with Gasteiger partial charge in [0.15, 0.2) is 0 Å². The average molecular weight is 286 g/mol. The van der Waals surface area contributed by atoms with Crippen molar-refractivity contribution < 1.29 is 22.7 Å². The summed E-state index contributed by atoms with van der Waals surface area (Å²) in [6.45, 7) is 3.13. The highest BCUT2D eigenvalue weighted by Gasteiger charge is 2.32. The number of hydrogen-bond acceptors (Lipinski definition) is 3. The van der Waals surface area contributed by atoms with Gasteiger partial charge in [-0.25, -0.2) is 0 Å². The molecule has 0 aliphatic carbocycles. The molecule has 1 unspecified atom stereocenters. The number of alkyl halides is 3. The number of anilines is 1. The summed E-state index contributed by atoms with van der Waals surface area (Å²) >= 11 is 0. The zero-order valence-electron chi connectivity index (χ0n) is 10.9. The van der Waals surface area contributed by atoms with Crippen molar-refractivity contribution in [3.63, 3.8) is 0 Å². The lowest BCUT2D eigenvalue weighted by Crippen LogP contribution is -2.31. The summed E-state index contributed by atoms with van der Waals surface area (Å²) in [7, 11) is 0. The molecule has 4 nitrogen and oxygen atoms in total. The first-order valence-corrected chi connectivity index (χ1v) is 5.78. The molecule has 0 aliphatic rings. The number of ether oxygens (including phenoxy) is 1. The molecule has 7 heteroatoms. The molecule has 0 heterocycles. The number of carbonyl (C=O) groups is 1. The van der Waals surface area contributed by atoms with Crippen LogP contribution in [0, 0.1) is 16.7 Å². The summed E-state index contributed by atoms with van der Waals surface area (Å²) in [5, 5.41) is 11.4. The quantitative estimate of drug-likeness (QED) is 0.921. The van der Waals surface area contributed by atoms with E-state index in [1.807, 2.05) is 6.07 Å². The van der Waals surface area contributed by atoms with Crippen molar-refractivity contribution >= 4 is 11.6 Å². The number of carbonyl (C=O) groups excluding carboxylic acids is 1. The number of amides is 1. The molecule has 1 aromatic rings. The zero-order valence-corrected chi connectivity index (χ0v) is 10.9. The molecule has 0 aliphatic heterocycles. The highest BCUT2D eigenvalue weighted by atomic mass is 19.4. The van der Waals surface area contributed by atoms with Crippen molar-refractivity contribution in [2.75, 3.05) is 5.32 Å². The van der Waals surface area contributed by atoms with E-state index in [2.05, 4.69) is 10.1 Å². The molecule has 0 radical (unpaired) electrons. The second kappa shape index (κ2) is 5.82. The summed E-state index contributed by atoms with van der Waals surface area (Å²) in [6.07, 6.45) is -4.51. The van der Waals surface area contributed by atoms with Gasteiger partial charge >= 0.3 is 6.36 Å². The number of hydrogen-bond donors (Lipinski definition) is 1. The fraction of sp³-hybridized carbons (Fsp3) is 0.385. The number of nitrogens with one attached hydrogen (secondary N) is 1. The van der Waals surface area contributed by atoms with Crippen LogP contribution in [0.1, 0.15) is 20.3 Å². The molecule has 0 bridgehead atoms. The molecule has 1 atom stereocenters. The van der Waals surface area contributed by atoms with E-state index in [0.717, 1.165) is 12.1 Å². The van der Waals surface area contributed by atoms with Gasteiger partial charge in [0.2, 0.25) is 5.91 Å². The maximum atomic E-state index is 12.1.